The standard InChI is InChI=1S/C16H19F3N4OS.HI/c1-3-24-12-6-4-5-11(7-12)8-21-15(20-2)22-9-14-23-13(10-25-14)16(17,18)19;/h4-7,10H,3,8-9H2,1-2H3,(H2,20,21,22);1H. The second-order valence-electron chi connectivity index (χ2n) is 4.98. The maximum atomic E-state index is 12.5. The molecule has 1 aromatic heterocycles. The number of ether oxygens (including phenoxy) is 1. The van der Waals surface area contributed by atoms with Crippen LogP contribution in [0.2, 0.25) is 0 Å². The number of hydrogen-bond donors (Lipinski definition) is 2. The molecular formula is C16H20F3IN4OS. The van der Waals surface area contributed by atoms with Gasteiger partial charge in [0.15, 0.2) is 11.7 Å². The molecule has 0 aliphatic heterocycles. The summed E-state index contributed by atoms with van der Waals surface area (Å²) < 4.78 is 43.1. The fourth-order valence-corrected chi connectivity index (χ4v) is 2.74. The van der Waals surface area contributed by atoms with E-state index in [4.69, 9.17) is 4.74 Å². The summed E-state index contributed by atoms with van der Waals surface area (Å²) in [5, 5.41) is 7.40. The van der Waals surface area contributed by atoms with Gasteiger partial charge in [0.1, 0.15) is 10.8 Å². The van der Waals surface area contributed by atoms with Gasteiger partial charge in [0.25, 0.3) is 0 Å². The Kier molecular flexibility index (Phi) is 9.13. The van der Waals surface area contributed by atoms with Gasteiger partial charge in [-0.2, -0.15) is 13.2 Å². The molecule has 0 saturated heterocycles. The van der Waals surface area contributed by atoms with Crippen molar-refractivity contribution in [3.05, 3.63) is 45.9 Å². The Bertz CT molecular complexity index is 722. The van der Waals surface area contributed by atoms with Gasteiger partial charge in [-0.1, -0.05) is 12.1 Å². The van der Waals surface area contributed by atoms with Crippen LogP contribution < -0.4 is 15.4 Å². The van der Waals surface area contributed by atoms with Crippen molar-refractivity contribution in [2.24, 2.45) is 4.99 Å². The van der Waals surface area contributed by atoms with E-state index in [1.54, 1.807) is 7.05 Å². The third-order valence-corrected chi connectivity index (χ3v) is 3.99. The van der Waals surface area contributed by atoms with Gasteiger partial charge in [0.2, 0.25) is 0 Å². The summed E-state index contributed by atoms with van der Waals surface area (Å²) in [5.74, 6) is 1.26. The Labute approximate surface area is 171 Å². The number of halogens is 4. The molecule has 0 aliphatic rings. The number of aliphatic imine (C=N–C) groups is 1. The molecule has 0 spiro atoms. The highest BCUT2D eigenvalue weighted by molar-refractivity contribution is 14.0. The summed E-state index contributed by atoms with van der Waals surface area (Å²) in [6, 6.07) is 7.63. The van der Waals surface area contributed by atoms with E-state index in [1.807, 2.05) is 31.2 Å². The van der Waals surface area contributed by atoms with Gasteiger partial charge in [0.05, 0.1) is 13.2 Å². The Morgan fingerprint density at radius 1 is 1.27 bits per heavy atom. The normalized spacial score (nSPS) is 11.7. The number of aromatic nitrogens is 1. The minimum absolute atomic E-state index is 0. The topological polar surface area (TPSA) is 58.5 Å². The molecule has 144 valence electrons. The summed E-state index contributed by atoms with van der Waals surface area (Å²) in [6.07, 6.45) is -4.42. The largest absolute Gasteiger partial charge is 0.494 e. The predicted octanol–water partition coefficient (Wildman–Crippen LogP) is 4.04. The van der Waals surface area contributed by atoms with Gasteiger partial charge >= 0.3 is 6.18 Å². The summed E-state index contributed by atoms with van der Waals surface area (Å²) in [6.45, 7) is 3.18. The first-order valence-corrected chi connectivity index (χ1v) is 8.48. The Morgan fingerprint density at radius 2 is 2.00 bits per heavy atom. The van der Waals surface area contributed by atoms with Crippen LogP contribution in [0.15, 0.2) is 34.6 Å². The Morgan fingerprint density at radius 3 is 2.62 bits per heavy atom. The first-order valence-electron chi connectivity index (χ1n) is 7.60. The van der Waals surface area contributed by atoms with Gasteiger partial charge in [-0.25, -0.2) is 4.98 Å². The molecule has 0 saturated carbocycles. The van der Waals surface area contributed by atoms with Crippen molar-refractivity contribution in [3.8, 4) is 5.75 Å². The smallest absolute Gasteiger partial charge is 0.434 e. The van der Waals surface area contributed by atoms with E-state index in [1.165, 1.54) is 0 Å². The van der Waals surface area contributed by atoms with Crippen molar-refractivity contribution in [2.45, 2.75) is 26.2 Å². The molecule has 0 aliphatic carbocycles. The molecule has 26 heavy (non-hydrogen) atoms. The first kappa shape index (κ1) is 22.5. The molecular weight excluding hydrogens is 480 g/mol. The van der Waals surface area contributed by atoms with Crippen molar-refractivity contribution < 1.29 is 17.9 Å². The average molecular weight is 500 g/mol. The lowest BCUT2D eigenvalue weighted by Gasteiger charge is -2.12. The zero-order chi connectivity index (χ0) is 18.3. The first-order chi connectivity index (χ1) is 11.9. The average Bonchev–Trinajstić information content (AvgIpc) is 3.05. The maximum Gasteiger partial charge on any atom is 0.434 e. The number of alkyl halides is 3. The quantitative estimate of drug-likeness (QED) is 0.357. The molecule has 1 heterocycles. The lowest BCUT2D eigenvalue weighted by Crippen LogP contribution is -2.36. The Hall–Kier alpha value is -1.56. The van der Waals surface area contributed by atoms with Crippen LogP contribution in [0.4, 0.5) is 13.2 Å². The van der Waals surface area contributed by atoms with E-state index in [2.05, 4.69) is 20.6 Å². The van der Waals surface area contributed by atoms with E-state index >= 15 is 0 Å². The zero-order valence-electron chi connectivity index (χ0n) is 14.3. The van der Waals surface area contributed by atoms with E-state index in [9.17, 15) is 13.2 Å². The highest BCUT2D eigenvalue weighted by Gasteiger charge is 2.33. The van der Waals surface area contributed by atoms with Crippen LogP contribution in [0.3, 0.4) is 0 Å². The molecule has 0 amide bonds. The van der Waals surface area contributed by atoms with Crippen molar-refractivity contribution in [1.29, 1.82) is 0 Å². The molecule has 0 bridgehead atoms. The third kappa shape index (κ3) is 6.98. The van der Waals surface area contributed by atoms with Gasteiger partial charge < -0.3 is 15.4 Å². The highest BCUT2D eigenvalue weighted by atomic mass is 127. The monoisotopic (exact) mass is 500 g/mol. The van der Waals surface area contributed by atoms with Crippen LogP contribution >= 0.6 is 35.3 Å². The van der Waals surface area contributed by atoms with Crippen LogP contribution in [0, 0.1) is 0 Å². The van der Waals surface area contributed by atoms with E-state index < -0.39 is 11.9 Å². The second kappa shape index (κ2) is 10.6. The van der Waals surface area contributed by atoms with Gasteiger partial charge in [-0.05, 0) is 24.6 Å². The molecule has 1 aromatic carbocycles. The number of rotatable bonds is 6. The molecule has 10 heteroatoms. The van der Waals surface area contributed by atoms with Crippen molar-refractivity contribution in [1.82, 2.24) is 15.6 Å². The molecule has 0 unspecified atom stereocenters. The molecule has 2 N–H and O–H groups in total. The number of benzene rings is 1. The number of guanidine groups is 1. The van der Waals surface area contributed by atoms with Gasteiger partial charge in [-0.15, -0.1) is 35.3 Å². The molecule has 0 fully saturated rings. The minimum Gasteiger partial charge on any atom is -0.494 e. The number of nitrogens with one attached hydrogen (secondary N) is 2. The maximum absolute atomic E-state index is 12.5. The summed E-state index contributed by atoms with van der Waals surface area (Å²) >= 11 is 0.958. The number of hydrogen-bond acceptors (Lipinski definition) is 4. The number of thiazole rings is 1. The molecule has 2 rings (SSSR count). The molecule has 5 nitrogen and oxygen atoms in total. The van der Waals surface area contributed by atoms with Gasteiger partial charge in [0, 0.05) is 19.0 Å². The van der Waals surface area contributed by atoms with Crippen LogP contribution in [0.5, 0.6) is 5.75 Å². The summed E-state index contributed by atoms with van der Waals surface area (Å²) in [4.78, 5) is 7.62. The van der Waals surface area contributed by atoms with Crippen molar-refractivity contribution >= 4 is 41.3 Å². The van der Waals surface area contributed by atoms with E-state index in [0.29, 0.717) is 24.1 Å². The van der Waals surface area contributed by atoms with Crippen molar-refractivity contribution in [2.75, 3.05) is 13.7 Å². The SMILES string of the molecule is CCOc1cccc(CNC(=NC)NCc2nc(C(F)(F)F)cs2)c1.I. The van der Waals surface area contributed by atoms with Crippen LogP contribution in [0.1, 0.15) is 23.2 Å². The molecule has 2 aromatic rings. The lowest BCUT2D eigenvalue weighted by molar-refractivity contribution is -0.140. The second-order valence-corrected chi connectivity index (χ2v) is 5.93. The molecule has 0 atom stereocenters. The minimum atomic E-state index is -4.42. The fraction of sp³-hybridized carbons (Fsp3) is 0.375. The summed E-state index contributed by atoms with van der Waals surface area (Å²) in [7, 11) is 1.59. The lowest BCUT2D eigenvalue weighted by atomic mass is 10.2. The van der Waals surface area contributed by atoms with Crippen LogP contribution in [-0.2, 0) is 19.3 Å². The van der Waals surface area contributed by atoms with Crippen LogP contribution in [0.25, 0.3) is 0 Å². The van der Waals surface area contributed by atoms with E-state index in [0.717, 1.165) is 28.0 Å². The highest BCUT2D eigenvalue weighted by Crippen LogP contribution is 2.29. The molecule has 0 radical (unpaired) electrons. The third-order valence-electron chi connectivity index (χ3n) is 3.14. The number of nitrogens with zero attached hydrogens (tertiary/aromatic N) is 2. The van der Waals surface area contributed by atoms with Crippen LogP contribution in [-0.4, -0.2) is 24.6 Å². The Balaban J connectivity index is 0.00000338. The van der Waals surface area contributed by atoms with Crippen molar-refractivity contribution in [3.63, 3.8) is 0 Å². The predicted molar refractivity (Wildman–Crippen MR) is 107 cm³/mol. The van der Waals surface area contributed by atoms with Gasteiger partial charge in [-0.3, -0.25) is 4.99 Å². The summed E-state index contributed by atoms with van der Waals surface area (Å²) in [5.41, 5.74) is 0.132. The van der Waals surface area contributed by atoms with E-state index in [-0.39, 0.29) is 30.5 Å². The zero-order valence-corrected chi connectivity index (χ0v) is 17.4. The fourth-order valence-electron chi connectivity index (χ4n) is 2.00.